The van der Waals surface area contributed by atoms with Crippen molar-refractivity contribution >= 4 is 21.9 Å². The molecule has 0 spiro atoms. The second kappa shape index (κ2) is 9.53. The number of aromatic nitrogens is 3. The Labute approximate surface area is 157 Å². The topological polar surface area (TPSA) is 76.4 Å². The van der Waals surface area contributed by atoms with E-state index in [9.17, 15) is 0 Å². The monoisotopic (exact) mass is 408 g/mol. The number of methoxy groups -OCH3 is 1. The Morgan fingerprint density at radius 3 is 2.76 bits per heavy atom. The average molecular weight is 409 g/mol. The Hall–Kier alpha value is -1.93. The molecule has 2 aromatic rings. The molecule has 0 saturated carbocycles. The minimum absolute atomic E-state index is 0.0885. The first-order chi connectivity index (χ1) is 12.0. The summed E-state index contributed by atoms with van der Waals surface area (Å²) in [4.78, 5) is 4.64. The van der Waals surface area contributed by atoms with E-state index in [-0.39, 0.29) is 6.04 Å². The highest BCUT2D eigenvalue weighted by molar-refractivity contribution is 9.10. The Morgan fingerprint density at radius 1 is 1.36 bits per heavy atom. The molecule has 0 saturated heterocycles. The second-order valence-electron chi connectivity index (χ2n) is 5.69. The molecule has 0 radical (unpaired) electrons. The number of guanidine groups is 1. The van der Waals surface area contributed by atoms with Gasteiger partial charge < -0.3 is 19.9 Å². The minimum Gasteiger partial charge on any atom is -0.383 e. The number of benzene rings is 1. The summed E-state index contributed by atoms with van der Waals surface area (Å²) in [5, 5.41) is 14.9. The molecule has 7 nitrogen and oxygen atoms in total. The van der Waals surface area contributed by atoms with Gasteiger partial charge in [0.1, 0.15) is 12.4 Å². The van der Waals surface area contributed by atoms with Crippen LogP contribution in [0.5, 0.6) is 0 Å². The van der Waals surface area contributed by atoms with E-state index < -0.39 is 0 Å². The third-order valence-corrected chi connectivity index (χ3v) is 4.61. The van der Waals surface area contributed by atoms with E-state index in [1.165, 1.54) is 5.56 Å². The van der Waals surface area contributed by atoms with Gasteiger partial charge in [-0.25, -0.2) is 4.99 Å². The predicted octanol–water partition coefficient (Wildman–Crippen LogP) is 2.33. The highest BCUT2D eigenvalue weighted by Gasteiger charge is 2.11. The van der Waals surface area contributed by atoms with Crippen LogP contribution in [0, 0.1) is 6.92 Å². The summed E-state index contributed by atoms with van der Waals surface area (Å²) in [7, 11) is 3.62. The summed E-state index contributed by atoms with van der Waals surface area (Å²) >= 11 is 3.60. The molecule has 0 fully saturated rings. The van der Waals surface area contributed by atoms with Gasteiger partial charge in [-0.15, -0.1) is 10.2 Å². The van der Waals surface area contributed by atoms with Gasteiger partial charge in [0.05, 0.1) is 12.6 Å². The number of ether oxygens (including phenoxy) is 1. The molecule has 136 valence electrons. The smallest absolute Gasteiger partial charge is 0.192 e. The van der Waals surface area contributed by atoms with Gasteiger partial charge in [-0.05, 0) is 25.5 Å². The van der Waals surface area contributed by atoms with Crippen molar-refractivity contribution in [2.24, 2.45) is 12.0 Å². The number of hydrogen-bond donors (Lipinski definition) is 2. The maximum atomic E-state index is 5.11. The van der Waals surface area contributed by atoms with Gasteiger partial charge in [0.25, 0.3) is 0 Å². The molecular weight excluding hydrogens is 384 g/mol. The van der Waals surface area contributed by atoms with Crippen molar-refractivity contribution in [3.63, 3.8) is 0 Å². The van der Waals surface area contributed by atoms with E-state index >= 15 is 0 Å². The zero-order valence-corrected chi connectivity index (χ0v) is 16.7. The van der Waals surface area contributed by atoms with Crippen molar-refractivity contribution in [2.45, 2.75) is 26.4 Å². The molecule has 0 aliphatic carbocycles. The maximum Gasteiger partial charge on any atom is 0.192 e. The summed E-state index contributed by atoms with van der Waals surface area (Å²) in [5.74, 6) is 2.40. The molecule has 0 amide bonds. The Balaban J connectivity index is 2.10. The summed E-state index contributed by atoms with van der Waals surface area (Å²) < 4.78 is 8.11. The third-order valence-electron chi connectivity index (χ3n) is 3.88. The van der Waals surface area contributed by atoms with E-state index in [1.54, 1.807) is 7.11 Å². The van der Waals surface area contributed by atoms with E-state index in [0.717, 1.165) is 16.1 Å². The van der Waals surface area contributed by atoms with E-state index in [0.29, 0.717) is 25.7 Å². The van der Waals surface area contributed by atoms with Gasteiger partial charge in [0.15, 0.2) is 11.8 Å². The van der Waals surface area contributed by atoms with E-state index in [2.05, 4.69) is 54.7 Å². The number of hydrogen-bond acceptors (Lipinski definition) is 4. The predicted molar refractivity (Wildman–Crippen MR) is 102 cm³/mol. The molecule has 0 bridgehead atoms. The molecule has 1 aromatic heterocycles. The van der Waals surface area contributed by atoms with Crippen LogP contribution in [0.4, 0.5) is 0 Å². The number of halogens is 1. The van der Waals surface area contributed by atoms with Crippen LogP contribution in [-0.4, -0.2) is 41.0 Å². The highest BCUT2D eigenvalue weighted by atomic mass is 79.9. The number of nitrogens with one attached hydrogen (secondary N) is 2. The lowest BCUT2D eigenvalue weighted by molar-refractivity contribution is 0.203. The molecule has 0 aliphatic rings. The van der Waals surface area contributed by atoms with Crippen molar-refractivity contribution in [3.05, 3.63) is 46.0 Å². The van der Waals surface area contributed by atoms with Crippen molar-refractivity contribution in [1.29, 1.82) is 0 Å². The zero-order valence-electron chi connectivity index (χ0n) is 15.1. The summed E-state index contributed by atoms with van der Waals surface area (Å²) in [6.07, 6.45) is 0. The van der Waals surface area contributed by atoms with Gasteiger partial charge in [-0.3, -0.25) is 0 Å². The third kappa shape index (κ3) is 5.54. The van der Waals surface area contributed by atoms with Gasteiger partial charge in [0, 0.05) is 25.2 Å². The quantitative estimate of drug-likeness (QED) is 0.417. The van der Waals surface area contributed by atoms with E-state index in [1.807, 2.05) is 36.7 Å². The average Bonchev–Trinajstić information content (AvgIpc) is 2.92. The van der Waals surface area contributed by atoms with Gasteiger partial charge in [-0.2, -0.15) is 0 Å². The first kappa shape index (κ1) is 19.4. The summed E-state index contributed by atoms with van der Waals surface area (Å²) in [6.45, 7) is 5.74. The number of aliphatic imine (C=N–C) groups is 1. The first-order valence-electron chi connectivity index (χ1n) is 8.16. The van der Waals surface area contributed by atoms with Crippen molar-refractivity contribution in [1.82, 2.24) is 25.4 Å². The zero-order chi connectivity index (χ0) is 18.2. The van der Waals surface area contributed by atoms with Crippen LogP contribution >= 0.6 is 15.9 Å². The van der Waals surface area contributed by atoms with Crippen LogP contribution in [-0.2, 0) is 18.3 Å². The molecule has 8 heteroatoms. The number of aryl methyl sites for hydroxylation is 1. The van der Waals surface area contributed by atoms with Crippen LogP contribution in [0.3, 0.4) is 0 Å². The van der Waals surface area contributed by atoms with Crippen LogP contribution in [0.2, 0.25) is 0 Å². The van der Waals surface area contributed by atoms with Crippen molar-refractivity contribution in [3.8, 4) is 0 Å². The largest absolute Gasteiger partial charge is 0.383 e. The lowest BCUT2D eigenvalue weighted by atomic mass is 10.1. The molecule has 2 N–H and O–H groups in total. The maximum absolute atomic E-state index is 5.11. The van der Waals surface area contributed by atoms with Crippen molar-refractivity contribution < 1.29 is 4.74 Å². The van der Waals surface area contributed by atoms with Gasteiger partial charge in [0.2, 0.25) is 0 Å². The fraction of sp³-hybridized carbons (Fsp3) is 0.471. The second-order valence-corrected chi connectivity index (χ2v) is 6.55. The fourth-order valence-corrected chi connectivity index (χ4v) is 2.90. The molecule has 1 heterocycles. The lowest BCUT2D eigenvalue weighted by Crippen LogP contribution is -2.40. The fourth-order valence-electron chi connectivity index (χ4n) is 2.27. The van der Waals surface area contributed by atoms with Gasteiger partial charge >= 0.3 is 0 Å². The summed E-state index contributed by atoms with van der Waals surface area (Å²) in [5.41, 5.74) is 1.17. The molecule has 1 unspecified atom stereocenters. The first-order valence-corrected chi connectivity index (χ1v) is 8.95. The SMILES string of the molecule is COCCNC(=NCc1nnc(C)n1C)NC(C)c1ccccc1Br. The number of rotatable bonds is 7. The molecule has 25 heavy (non-hydrogen) atoms. The summed E-state index contributed by atoms with van der Waals surface area (Å²) in [6, 6.07) is 8.23. The van der Waals surface area contributed by atoms with Crippen LogP contribution in [0.1, 0.15) is 30.2 Å². The van der Waals surface area contributed by atoms with Gasteiger partial charge in [-0.1, -0.05) is 34.1 Å². The highest BCUT2D eigenvalue weighted by Crippen LogP contribution is 2.22. The number of nitrogens with zero attached hydrogens (tertiary/aromatic N) is 4. The Morgan fingerprint density at radius 2 is 2.12 bits per heavy atom. The van der Waals surface area contributed by atoms with Crippen LogP contribution in [0.25, 0.3) is 0 Å². The molecule has 1 aromatic carbocycles. The minimum atomic E-state index is 0.0885. The molecule has 0 aliphatic heterocycles. The molecular formula is C17H25BrN6O. The Bertz CT molecular complexity index is 715. The lowest BCUT2D eigenvalue weighted by Gasteiger charge is -2.19. The normalized spacial score (nSPS) is 12.9. The molecule has 1 atom stereocenters. The molecule has 2 rings (SSSR count). The van der Waals surface area contributed by atoms with Crippen LogP contribution in [0.15, 0.2) is 33.7 Å². The Kier molecular flexibility index (Phi) is 7.39. The van der Waals surface area contributed by atoms with E-state index in [4.69, 9.17) is 4.74 Å². The van der Waals surface area contributed by atoms with Crippen LogP contribution < -0.4 is 10.6 Å². The standard InChI is InChI=1S/C17H25BrN6O/c1-12(14-7-5-6-8-15(14)18)21-17(19-9-10-25-4)20-11-16-23-22-13(2)24(16)3/h5-8,12H,9-11H2,1-4H3,(H2,19,20,21). The van der Waals surface area contributed by atoms with Crippen molar-refractivity contribution in [2.75, 3.05) is 20.3 Å².